The molecule has 0 saturated carbocycles. The number of carbonyl (C=O) groups excluding carboxylic acids is 3. The van der Waals surface area contributed by atoms with E-state index < -0.39 is 145 Å². The molecule has 0 heterocycles. The first-order valence-corrected chi connectivity index (χ1v) is 14.2. The van der Waals surface area contributed by atoms with E-state index in [1.165, 1.54) is 0 Å². The highest BCUT2D eigenvalue weighted by Crippen LogP contribution is 2.41. The number of halogens is 18. The van der Waals surface area contributed by atoms with E-state index in [9.17, 15) is 93.4 Å². The Morgan fingerprint density at radius 1 is 0.309 bits per heavy atom. The number of carbonyl (C=O) groups is 3. The molecular formula is C33H13F18NO3. The molecule has 0 aromatic heterocycles. The lowest BCUT2D eigenvalue weighted by Crippen LogP contribution is -2.18. The van der Waals surface area contributed by atoms with Crippen LogP contribution < -0.4 is 5.73 Å². The minimum Gasteiger partial charge on any atom is -0.398 e. The van der Waals surface area contributed by atoms with Gasteiger partial charge in [0.15, 0.2) is 17.3 Å². The molecule has 4 nitrogen and oxygen atoms in total. The number of anilines is 1. The molecule has 2 N–H and O–H groups in total. The number of benzene rings is 4. The maximum absolute atomic E-state index is 13.6. The number of hydrogen-bond donors (Lipinski definition) is 1. The fourth-order valence-corrected chi connectivity index (χ4v) is 4.90. The molecule has 0 unspecified atom stereocenters. The fourth-order valence-electron chi connectivity index (χ4n) is 4.90. The second-order valence-corrected chi connectivity index (χ2v) is 11.4. The quantitative estimate of drug-likeness (QED) is 0.119. The highest BCUT2D eigenvalue weighted by atomic mass is 19.4. The van der Waals surface area contributed by atoms with E-state index in [1.54, 1.807) is 0 Å². The molecule has 4 aromatic rings. The second-order valence-electron chi connectivity index (χ2n) is 11.4. The average molecular weight is 813 g/mol. The van der Waals surface area contributed by atoms with Crippen molar-refractivity contribution >= 4 is 23.0 Å². The molecule has 0 saturated heterocycles. The van der Waals surface area contributed by atoms with Crippen molar-refractivity contribution in [3.05, 3.63) is 133 Å². The van der Waals surface area contributed by atoms with E-state index in [-0.39, 0.29) is 48.5 Å². The minimum absolute atomic E-state index is 0.116. The van der Waals surface area contributed by atoms with Crippen LogP contribution in [0.5, 0.6) is 0 Å². The minimum atomic E-state index is -5.60. The number of nitrogen functional groups attached to an aromatic ring is 1. The summed E-state index contributed by atoms with van der Waals surface area (Å²) in [4.78, 5) is 40.6. The van der Waals surface area contributed by atoms with Crippen molar-refractivity contribution in [1.82, 2.24) is 0 Å². The van der Waals surface area contributed by atoms with Crippen LogP contribution >= 0.6 is 0 Å². The molecule has 0 amide bonds. The molecule has 0 atom stereocenters. The van der Waals surface area contributed by atoms with Crippen molar-refractivity contribution in [3.63, 3.8) is 0 Å². The van der Waals surface area contributed by atoms with Gasteiger partial charge in [-0.2, -0.15) is 79.0 Å². The summed E-state index contributed by atoms with van der Waals surface area (Å²) in [6.45, 7) is 0. The number of rotatable bonds is 6. The molecule has 0 bridgehead atoms. The van der Waals surface area contributed by atoms with Crippen LogP contribution in [0.2, 0.25) is 0 Å². The fraction of sp³-hybridized carbons (Fsp3) is 0.182. The average Bonchev–Trinajstić information content (AvgIpc) is 3.04. The molecule has 0 radical (unpaired) electrons. The molecular weight excluding hydrogens is 800 g/mol. The van der Waals surface area contributed by atoms with E-state index in [1.807, 2.05) is 0 Å². The summed E-state index contributed by atoms with van der Waals surface area (Å²) in [7, 11) is 0. The molecule has 0 spiro atoms. The monoisotopic (exact) mass is 813 g/mol. The van der Waals surface area contributed by atoms with Gasteiger partial charge in [-0.15, -0.1) is 0 Å². The lowest BCUT2D eigenvalue weighted by atomic mass is 9.88. The number of ketones is 3. The first-order chi connectivity index (χ1) is 24.7. The summed E-state index contributed by atoms with van der Waals surface area (Å²) in [5.41, 5.74) is -17.3. The van der Waals surface area contributed by atoms with Crippen molar-refractivity contribution in [3.8, 4) is 0 Å². The van der Waals surface area contributed by atoms with E-state index >= 15 is 0 Å². The second kappa shape index (κ2) is 13.6. The van der Waals surface area contributed by atoms with Crippen molar-refractivity contribution in [2.24, 2.45) is 0 Å². The van der Waals surface area contributed by atoms with Gasteiger partial charge in [0.2, 0.25) is 0 Å². The molecule has 22 heteroatoms. The first-order valence-electron chi connectivity index (χ1n) is 14.2. The Labute approximate surface area is 293 Å². The highest BCUT2D eigenvalue weighted by molar-refractivity contribution is 6.21. The molecule has 4 aromatic carbocycles. The van der Waals surface area contributed by atoms with Crippen molar-refractivity contribution < 1.29 is 93.4 Å². The third kappa shape index (κ3) is 9.22. The third-order valence-corrected chi connectivity index (χ3v) is 7.48. The zero-order valence-corrected chi connectivity index (χ0v) is 26.0. The van der Waals surface area contributed by atoms with Gasteiger partial charge in [0, 0.05) is 33.4 Å². The molecule has 0 aliphatic rings. The van der Waals surface area contributed by atoms with Crippen molar-refractivity contribution in [2.75, 3.05) is 5.73 Å². The summed E-state index contributed by atoms with van der Waals surface area (Å²) >= 11 is 0. The molecule has 55 heavy (non-hydrogen) atoms. The normalized spacial score (nSPS) is 13.2. The van der Waals surface area contributed by atoms with Crippen LogP contribution in [0.25, 0.3) is 0 Å². The van der Waals surface area contributed by atoms with Gasteiger partial charge in [0.05, 0.1) is 39.1 Å². The smallest absolute Gasteiger partial charge is 0.398 e. The first kappa shape index (κ1) is 42.2. The third-order valence-electron chi connectivity index (χ3n) is 7.48. The Morgan fingerprint density at radius 2 is 0.491 bits per heavy atom. The topological polar surface area (TPSA) is 77.2 Å². The van der Waals surface area contributed by atoms with Crippen LogP contribution in [0.3, 0.4) is 0 Å². The van der Waals surface area contributed by atoms with Crippen LogP contribution in [0.4, 0.5) is 84.7 Å². The molecule has 294 valence electrons. The number of hydrogen-bond acceptors (Lipinski definition) is 4. The van der Waals surface area contributed by atoms with Crippen LogP contribution in [0.1, 0.15) is 81.1 Å². The van der Waals surface area contributed by atoms with Gasteiger partial charge in [0.1, 0.15) is 0 Å². The Balaban J connectivity index is 2.09. The Bertz CT molecular complexity index is 2000. The van der Waals surface area contributed by atoms with Gasteiger partial charge in [-0.1, -0.05) is 0 Å². The lowest BCUT2D eigenvalue weighted by molar-refractivity contribution is -0.144. The lowest BCUT2D eigenvalue weighted by Gasteiger charge is -2.18. The van der Waals surface area contributed by atoms with Gasteiger partial charge < -0.3 is 5.73 Å². The van der Waals surface area contributed by atoms with E-state index in [0.717, 1.165) is 0 Å². The Kier molecular flexibility index (Phi) is 10.4. The van der Waals surface area contributed by atoms with Gasteiger partial charge in [-0.25, -0.2) is 0 Å². The molecule has 0 aliphatic heterocycles. The van der Waals surface area contributed by atoms with Crippen LogP contribution in [-0.2, 0) is 37.1 Å². The molecule has 0 aliphatic carbocycles. The zero-order valence-electron chi connectivity index (χ0n) is 26.0. The maximum Gasteiger partial charge on any atom is 0.416 e. The summed E-state index contributed by atoms with van der Waals surface area (Å²) in [6, 6.07) is -2.26. The predicted octanol–water partition coefficient (Wildman–Crippen LogP) is 11.1. The van der Waals surface area contributed by atoms with E-state index in [4.69, 9.17) is 5.73 Å². The van der Waals surface area contributed by atoms with E-state index in [0.29, 0.717) is 0 Å². The van der Waals surface area contributed by atoms with Crippen molar-refractivity contribution in [2.45, 2.75) is 37.1 Å². The van der Waals surface area contributed by atoms with Crippen LogP contribution in [0.15, 0.2) is 66.7 Å². The van der Waals surface area contributed by atoms with E-state index in [2.05, 4.69) is 0 Å². The standard InChI is InChI=1S/C33H13F18NO3/c34-28(35,36)16-1-12(2-17(9-16)29(37,38)39)25(53)15-7-22(26(54)13-3-18(30(40,41)42)10-19(4-13)31(43,44)45)24(52)23(8-15)27(55)14-5-20(32(46,47)48)11-21(6-14)33(49,50)51/h1-11H,52H2. The number of nitrogens with two attached hydrogens (primary N) is 1. The summed E-state index contributed by atoms with van der Waals surface area (Å²) in [5.74, 6) is -6.07. The maximum atomic E-state index is 13.6. The number of alkyl halides is 18. The van der Waals surface area contributed by atoms with Crippen LogP contribution in [0, 0.1) is 0 Å². The summed E-state index contributed by atoms with van der Waals surface area (Å²) < 4.78 is 244. The van der Waals surface area contributed by atoms with Gasteiger partial charge >= 0.3 is 37.1 Å². The predicted molar refractivity (Wildman–Crippen MR) is 150 cm³/mol. The largest absolute Gasteiger partial charge is 0.416 e. The SMILES string of the molecule is Nc1c(C(=O)c2cc(C(F)(F)F)cc(C(F)(F)F)c2)cc(C(=O)c2cc(C(F)(F)F)cc(C(F)(F)F)c2)cc1C(=O)c1cc(C(F)(F)F)cc(C(F)(F)F)c1. The molecule has 4 rings (SSSR count). The van der Waals surface area contributed by atoms with Crippen molar-refractivity contribution in [1.29, 1.82) is 0 Å². The van der Waals surface area contributed by atoms with Gasteiger partial charge in [0.25, 0.3) is 0 Å². The van der Waals surface area contributed by atoms with Gasteiger partial charge in [-0.05, 0) is 66.7 Å². The Hall–Kier alpha value is -5.57. The summed E-state index contributed by atoms with van der Waals surface area (Å²) in [6.07, 6.45) is -33.6. The highest BCUT2D eigenvalue weighted by Gasteiger charge is 2.41. The summed E-state index contributed by atoms with van der Waals surface area (Å²) in [5, 5.41) is 0. The molecule has 0 fully saturated rings. The van der Waals surface area contributed by atoms with Gasteiger partial charge in [-0.3, -0.25) is 14.4 Å². The van der Waals surface area contributed by atoms with Crippen LogP contribution in [-0.4, -0.2) is 17.3 Å². The Morgan fingerprint density at radius 3 is 0.691 bits per heavy atom. The zero-order chi connectivity index (χ0) is 42.0.